The lowest BCUT2D eigenvalue weighted by atomic mass is 10.7. The highest BCUT2D eigenvalue weighted by molar-refractivity contribution is 7.09. The topological polar surface area (TPSA) is 43.6 Å². The molecule has 0 spiro atoms. The van der Waals surface area contributed by atoms with Crippen molar-refractivity contribution >= 4 is 11.3 Å². The van der Waals surface area contributed by atoms with Crippen molar-refractivity contribution in [2.24, 2.45) is 0 Å². The predicted octanol–water partition coefficient (Wildman–Crippen LogP) is 0.783. The van der Waals surface area contributed by atoms with E-state index in [0.29, 0.717) is 0 Å². The first-order valence-electron chi connectivity index (χ1n) is 3.16. The molecule has 0 aliphatic heterocycles. The molecule has 2 rings (SSSR count). The van der Waals surface area contributed by atoms with Crippen LogP contribution in [-0.2, 0) is 6.54 Å². The summed E-state index contributed by atoms with van der Waals surface area (Å²) >= 11 is 1.62. The average Bonchev–Trinajstić information content (AvgIpc) is 2.60. The van der Waals surface area contributed by atoms with Gasteiger partial charge in [0.1, 0.15) is 17.7 Å². The van der Waals surface area contributed by atoms with Crippen LogP contribution in [0.2, 0.25) is 0 Å². The molecule has 0 radical (unpaired) electrons. The van der Waals surface area contributed by atoms with E-state index in [-0.39, 0.29) is 0 Å². The summed E-state index contributed by atoms with van der Waals surface area (Å²) in [5.74, 6) is 0. The molecule has 0 atom stereocenters. The second-order valence-electron chi connectivity index (χ2n) is 2.02. The Morgan fingerprint density at radius 1 is 1.55 bits per heavy atom. The molecule has 0 N–H and O–H groups in total. The van der Waals surface area contributed by atoms with Gasteiger partial charge < -0.3 is 0 Å². The first-order chi connectivity index (χ1) is 5.45. The molecule has 0 saturated carbocycles. The van der Waals surface area contributed by atoms with E-state index in [1.807, 2.05) is 5.38 Å². The Hall–Kier alpha value is -1.23. The fourth-order valence-electron chi connectivity index (χ4n) is 0.784. The Labute approximate surface area is 67.5 Å². The molecular weight excluding hydrogens is 160 g/mol. The largest absolute Gasteiger partial charge is 0.248 e. The van der Waals surface area contributed by atoms with Crippen molar-refractivity contribution in [3.05, 3.63) is 29.2 Å². The summed E-state index contributed by atoms with van der Waals surface area (Å²) in [6.07, 6.45) is 4.99. The fraction of sp³-hybridized carbons (Fsp3) is 0.167. The van der Waals surface area contributed by atoms with Gasteiger partial charge in [-0.2, -0.15) is 5.10 Å². The minimum atomic E-state index is 0.720. The molecule has 2 aromatic rings. The molecule has 11 heavy (non-hydrogen) atoms. The summed E-state index contributed by atoms with van der Waals surface area (Å²) in [6.45, 7) is 0.720. The first-order valence-corrected chi connectivity index (χ1v) is 4.04. The molecule has 0 bridgehead atoms. The summed E-state index contributed by atoms with van der Waals surface area (Å²) in [4.78, 5) is 7.95. The quantitative estimate of drug-likeness (QED) is 0.662. The smallest absolute Gasteiger partial charge is 0.137 e. The van der Waals surface area contributed by atoms with Gasteiger partial charge in [-0.05, 0) is 0 Å². The number of rotatable bonds is 2. The maximum absolute atomic E-state index is 4.12. The third kappa shape index (κ3) is 1.43. The number of thiazole rings is 1. The number of hydrogen-bond acceptors (Lipinski definition) is 4. The van der Waals surface area contributed by atoms with Gasteiger partial charge in [-0.25, -0.2) is 14.6 Å². The lowest BCUT2D eigenvalue weighted by Crippen LogP contribution is -1.98. The lowest BCUT2D eigenvalue weighted by Gasteiger charge is -1.92. The molecule has 0 saturated heterocycles. The van der Waals surface area contributed by atoms with Crippen molar-refractivity contribution in [1.82, 2.24) is 19.7 Å². The van der Waals surface area contributed by atoms with E-state index < -0.39 is 0 Å². The summed E-state index contributed by atoms with van der Waals surface area (Å²) in [7, 11) is 0. The highest BCUT2D eigenvalue weighted by Crippen LogP contribution is 2.04. The molecule has 2 aromatic heterocycles. The number of nitrogens with zero attached hydrogens (tertiary/aromatic N) is 4. The van der Waals surface area contributed by atoms with Crippen molar-refractivity contribution in [1.29, 1.82) is 0 Å². The van der Waals surface area contributed by atoms with Crippen LogP contribution in [0.1, 0.15) is 5.01 Å². The van der Waals surface area contributed by atoms with Crippen molar-refractivity contribution in [2.45, 2.75) is 6.54 Å². The van der Waals surface area contributed by atoms with Gasteiger partial charge in [-0.1, -0.05) is 0 Å². The van der Waals surface area contributed by atoms with Gasteiger partial charge >= 0.3 is 0 Å². The molecule has 56 valence electrons. The van der Waals surface area contributed by atoms with Crippen LogP contribution in [0.3, 0.4) is 0 Å². The Bertz CT molecular complexity index is 267. The molecule has 0 fully saturated rings. The zero-order chi connectivity index (χ0) is 7.52. The summed E-state index contributed by atoms with van der Waals surface area (Å²) in [5.41, 5.74) is 0. The van der Waals surface area contributed by atoms with Gasteiger partial charge in [0, 0.05) is 11.6 Å². The number of hydrogen-bond donors (Lipinski definition) is 0. The zero-order valence-electron chi connectivity index (χ0n) is 5.71. The maximum Gasteiger partial charge on any atom is 0.137 e. The van der Waals surface area contributed by atoms with Crippen molar-refractivity contribution < 1.29 is 0 Å². The minimum Gasteiger partial charge on any atom is -0.248 e. The highest BCUT2D eigenvalue weighted by atomic mass is 32.1. The third-order valence-electron chi connectivity index (χ3n) is 1.25. The van der Waals surface area contributed by atoms with Crippen LogP contribution in [0.4, 0.5) is 0 Å². The van der Waals surface area contributed by atoms with Gasteiger partial charge in [0.2, 0.25) is 0 Å². The average molecular weight is 166 g/mol. The zero-order valence-corrected chi connectivity index (χ0v) is 6.53. The van der Waals surface area contributed by atoms with E-state index >= 15 is 0 Å². The highest BCUT2D eigenvalue weighted by Gasteiger charge is 1.95. The van der Waals surface area contributed by atoms with Crippen LogP contribution in [0.15, 0.2) is 24.2 Å². The molecule has 4 nitrogen and oxygen atoms in total. The SMILES string of the molecule is c1csc(Cn2cncn2)n1. The number of aromatic nitrogens is 4. The van der Waals surface area contributed by atoms with Crippen LogP contribution in [-0.4, -0.2) is 19.7 Å². The normalized spacial score (nSPS) is 10.2. The molecule has 0 aliphatic rings. The van der Waals surface area contributed by atoms with Crippen LogP contribution >= 0.6 is 11.3 Å². The van der Waals surface area contributed by atoms with E-state index in [9.17, 15) is 0 Å². The molecule has 5 heteroatoms. The van der Waals surface area contributed by atoms with Gasteiger partial charge in [0.15, 0.2) is 0 Å². The summed E-state index contributed by atoms with van der Waals surface area (Å²) in [6, 6.07) is 0. The van der Waals surface area contributed by atoms with Gasteiger partial charge in [0.05, 0.1) is 6.54 Å². The molecular formula is C6H6N4S. The van der Waals surface area contributed by atoms with Crippen molar-refractivity contribution in [2.75, 3.05) is 0 Å². The van der Waals surface area contributed by atoms with Crippen molar-refractivity contribution in [3.8, 4) is 0 Å². The van der Waals surface area contributed by atoms with Gasteiger partial charge in [0.25, 0.3) is 0 Å². The standard InChI is InChI=1S/C6H6N4S/c1-2-11-6(8-1)3-10-5-7-4-9-10/h1-2,4-5H,3H2. The molecule has 0 aromatic carbocycles. The molecule has 2 heterocycles. The van der Waals surface area contributed by atoms with E-state index in [2.05, 4.69) is 15.1 Å². The maximum atomic E-state index is 4.12. The van der Waals surface area contributed by atoms with Crippen LogP contribution in [0.25, 0.3) is 0 Å². The molecule has 0 aliphatic carbocycles. The minimum absolute atomic E-state index is 0.720. The monoisotopic (exact) mass is 166 g/mol. The lowest BCUT2D eigenvalue weighted by molar-refractivity contribution is 0.681. The van der Waals surface area contributed by atoms with Crippen molar-refractivity contribution in [3.63, 3.8) is 0 Å². The summed E-state index contributed by atoms with van der Waals surface area (Å²) < 4.78 is 1.75. The van der Waals surface area contributed by atoms with E-state index in [1.54, 1.807) is 28.5 Å². The second-order valence-corrected chi connectivity index (χ2v) is 3.00. The Morgan fingerprint density at radius 3 is 3.18 bits per heavy atom. The Morgan fingerprint density at radius 2 is 2.55 bits per heavy atom. The first kappa shape index (κ1) is 6.48. The van der Waals surface area contributed by atoms with Gasteiger partial charge in [-0.15, -0.1) is 11.3 Å². The summed E-state index contributed by atoms with van der Waals surface area (Å²) in [5, 5.41) is 6.97. The van der Waals surface area contributed by atoms with E-state index in [4.69, 9.17) is 0 Å². The predicted molar refractivity (Wildman–Crippen MR) is 41.2 cm³/mol. The molecule has 0 unspecified atom stereocenters. The Balaban J connectivity index is 2.14. The van der Waals surface area contributed by atoms with Crippen LogP contribution in [0, 0.1) is 0 Å². The second kappa shape index (κ2) is 2.79. The Kier molecular flexibility index (Phi) is 1.64. The van der Waals surface area contributed by atoms with Crippen LogP contribution < -0.4 is 0 Å². The van der Waals surface area contributed by atoms with Crippen LogP contribution in [0.5, 0.6) is 0 Å². The fourth-order valence-corrected chi connectivity index (χ4v) is 1.39. The van der Waals surface area contributed by atoms with E-state index in [0.717, 1.165) is 11.6 Å². The molecule has 0 amide bonds. The van der Waals surface area contributed by atoms with Gasteiger partial charge in [-0.3, -0.25) is 0 Å². The van der Waals surface area contributed by atoms with E-state index in [1.165, 1.54) is 6.33 Å². The third-order valence-corrected chi connectivity index (χ3v) is 2.01.